The van der Waals surface area contributed by atoms with Gasteiger partial charge in [-0.15, -0.1) is 0 Å². The Kier molecular flexibility index (Phi) is 5.00. The normalized spacial score (nSPS) is 17.2. The van der Waals surface area contributed by atoms with Crippen molar-refractivity contribution in [2.24, 2.45) is 0 Å². The first kappa shape index (κ1) is 19.5. The number of imidazole rings is 1. The zero-order valence-electron chi connectivity index (χ0n) is 17.8. The second-order valence-electron chi connectivity index (χ2n) is 8.20. The fourth-order valence-electron chi connectivity index (χ4n) is 4.21. The minimum atomic E-state index is 0.0531. The van der Waals surface area contributed by atoms with Crippen LogP contribution < -0.4 is 0 Å². The minimum Gasteiger partial charge on any atom is -0.335 e. The number of pyridine rings is 2. The molecule has 1 aliphatic rings. The average Bonchev–Trinajstić information content (AvgIpc) is 3.23. The molecule has 0 spiro atoms. The molecule has 1 saturated heterocycles. The average molecular weight is 412 g/mol. The standard InChI is InChI=1S/C25H25N5O/c1-18-5-7-19(8-6-18)25(31)29-13-12-28(2)23(16-29)24-22-10-9-21(15-30(22)17-27-24)20-4-3-11-26-14-20/h3-11,14-15,17,23H,12-13,16H2,1-2H3/t23-/m1/s1. The van der Waals surface area contributed by atoms with E-state index >= 15 is 0 Å². The van der Waals surface area contributed by atoms with Gasteiger partial charge in [-0.25, -0.2) is 4.98 Å². The van der Waals surface area contributed by atoms with Gasteiger partial charge in [0.05, 0.1) is 23.6 Å². The van der Waals surface area contributed by atoms with Crippen LogP contribution in [0.3, 0.4) is 0 Å². The molecule has 4 heterocycles. The lowest BCUT2D eigenvalue weighted by molar-refractivity contribution is 0.0542. The van der Waals surface area contributed by atoms with E-state index in [4.69, 9.17) is 4.98 Å². The summed E-state index contributed by atoms with van der Waals surface area (Å²) in [6.45, 7) is 4.19. The maximum atomic E-state index is 13.1. The first-order valence-electron chi connectivity index (χ1n) is 10.5. The number of carbonyl (C=O) groups excluding carboxylic acids is 1. The van der Waals surface area contributed by atoms with Gasteiger partial charge in [0.25, 0.3) is 5.91 Å². The van der Waals surface area contributed by atoms with Gasteiger partial charge in [-0.1, -0.05) is 29.8 Å². The van der Waals surface area contributed by atoms with Gasteiger partial charge in [-0.2, -0.15) is 0 Å². The van der Waals surface area contributed by atoms with E-state index in [2.05, 4.69) is 45.7 Å². The van der Waals surface area contributed by atoms with Crippen molar-refractivity contribution < 1.29 is 4.79 Å². The molecule has 3 aromatic heterocycles. The summed E-state index contributed by atoms with van der Waals surface area (Å²) in [5, 5.41) is 0. The van der Waals surface area contributed by atoms with Crippen molar-refractivity contribution in [1.82, 2.24) is 24.2 Å². The van der Waals surface area contributed by atoms with Crippen LogP contribution in [0.25, 0.3) is 16.6 Å². The quantitative estimate of drug-likeness (QED) is 0.514. The number of aryl methyl sites for hydroxylation is 1. The Bertz CT molecular complexity index is 1220. The third-order valence-corrected chi connectivity index (χ3v) is 6.10. The maximum Gasteiger partial charge on any atom is 0.253 e. The lowest BCUT2D eigenvalue weighted by Crippen LogP contribution is -2.49. The molecule has 0 radical (unpaired) electrons. The largest absolute Gasteiger partial charge is 0.335 e. The summed E-state index contributed by atoms with van der Waals surface area (Å²) in [7, 11) is 2.10. The molecule has 5 rings (SSSR count). The molecule has 31 heavy (non-hydrogen) atoms. The number of aromatic nitrogens is 3. The molecule has 1 amide bonds. The van der Waals surface area contributed by atoms with E-state index in [-0.39, 0.29) is 11.9 Å². The summed E-state index contributed by atoms with van der Waals surface area (Å²) in [5.41, 5.74) is 6.13. The van der Waals surface area contributed by atoms with Crippen molar-refractivity contribution in [2.45, 2.75) is 13.0 Å². The summed E-state index contributed by atoms with van der Waals surface area (Å²) in [4.78, 5) is 26.3. The molecular formula is C25H25N5O. The number of carbonyl (C=O) groups is 1. The Morgan fingerprint density at radius 1 is 1.03 bits per heavy atom. The summed E-state index contributed by atoms with van der Waals surface area (Å²) < 4.78 is 2.06. The van der Waals surface area contributed by atoms with E-state index < -0.39 is 0 Å². The van der Waals surface area contributed by atoms with Crippen LogP contribution in [-0.4, -0.2) is 56.8 Å². The highest BCUT2D eigenvalue weighted by Crippen LogP contribution is 2.29. The smallest absolute Gasteiger partial charge is 0.253 e. The van der Waals surface area contributed by atoms with Gasteiger partial charge in [-0.3, -0.25) is 14.7 Å². The monoisotopic (exact) mass is 411 g/mol. The van der Waals surface area contributed by atoms with Crippen molar-refractivity contribution >= 4 is 11.4 Å². The van der Waals surface area contributed by atoms with Crippen molar-refractivity contribution in [2.75, 3.05) is 26.7 Å². The molecule has 156 valence electrons. The highest BCUT2D eigenvalue weighted by molar-refractivity contribution is 5.94. The van der Waals surface area contributed by atoms with Crippen LogP contribution in [0.4, 0.5) is 0 Å². The number of piperazine rings is 1. The third-order valence-electron chi connectivity index (χ3n) is 6.10. The topological polar surface area (TPSA) is 53.7 Å². The zero-order chi connectivity index (χ0) is 21.4. The number of rotatable bonds is 3. The molecule has 1 aromatic carbocycles. The van der Waals surface area contributed by atoms with Gasteiger partial charge in [0.1, 0.15) is 0 Å². The molecule has 0 bridgehead atoms. The lowest BCUT2D eigenvalue weighted by Gasteiger charge is -2.39. The Morgan fingerprint density at radius 3 is 2.65 bits per heavy atom. The van der Waals surface area contributed by atoms with Crippen molar-refractivity contribution in [3.63, 3.8) is 0 Å². The van der Waals surface area contributed by atoms with Gasteiger partial charge in [0.15, 0.2) is 0 Å². The zero-order valence-corrected chi connectivity index (χ0v) is 17.8. The Balaban J connectivity index is 1.43. The molecule has 0 unspecified atom stereocenters. The van der Waals surface area contributed by atoms with Crippen LogP contribution in [0, 0.1) is 6.92 Å². The fourth-order valence-corrected chi connectivity index (χ4v) is 4.21. The molecule has 6 nitrogen and oxygen atoms in total. The molecule has 1 fully saturated rings. The molecule has 1 atom stereocenters. The first-order chi connectivity index (χ1) is 15.1. The summed E-state index contributed by atoms with van der Waals surface area (Å²) >= 11 is 0. The predicted molar refractivity (Wildman–Crippen MR) is 121 cm³/mol. The first-order valence-corrected chi connectivity index (χ1v) is 10.5. The van der Waals surface area contributed by atoms with Gasteiger partial charge < -0.3 is 9.30 Å². The number of hydrogen-bond acceptors (Lipinski definition) is 4. The molecule has 4 aromatic rings. The number of hydrogen-bond donors (Lipinski definition) is 0. The molecule has 0 aliphatic carbocycles. The second-order valence-corrected chi connectivity index (χ2v) is 8.20. The van der Waals surface area contributed by atoms with Crippen molar-refractivity contribution in [3.05, 3.63) is 90.3 Å². The van der Waals surface area contributed by atoms with Gasteiger partial charge in [0.2, 0.25) is 0 Å². The highest BCUT2D eigenvalue weighted by Gasteiger charge is 2.31. The number of fused-ring (bicyclic) bond motifs is 1. The van der Waals surface area contributed by atoms with E-state index in [1.807, 2.05) is 54.7 Å². The van der Waals surface area contributed by atoms with Gasteiger partial charge in [-0.05, 0) is 43.8 Å². The molecular weight excluding hydrogens is 386 g/mol. The SMILES string of the molecule is Cc1ccc(C(=O)N2CCN(C)[C@@H](c3ncn4cc(-c5cccnc5)ccc34)C2)cc1. The van der Waals surface area contributed by atoms with E-state index in [0.29, 0.717) is 6.54 Å². The van der Waals surface area contributed by atoms with E-state index in [0.717, 1.165) is 46.6 Å². The van der Waals surface area contributed by atoms with Crippen LogP contribution >= 0.6 is 0 Å². The van der Waals surface area contributed by atoms with Crippen molar-refractivity contribution in [3.8, 4) is 11.1 Å². The summed E-state index contributed by atoms with van der Waals surface area (Å²) in [6, 6.07) is 16.1. The van der Waals surface area contributed by atoms with Crippen LogP contribution in [0.5, 0.6) is 0 Å². The van der Waals surface area contributed by atoms with Crippen LogP contribution in [0.15, 0.2) is 73.4 Å². The highest BCUT2D eigenvalue weighted by atomic mass is 16.2. The lowest BCUT2D eigenvalue weighted by atomic mass is 10.1. The maximum absolute atomic E-state index is 13.1. The van der Waals surface area contributed by atoms with E-state index in [1.54, 1.807) is 6.20 Å². The summed E-state index contributed by atoms with van der Waals surface area (Å²) in [5.74, 6) is 0.0838. The number of amides is 1. The Hall–Kier alpha value is -3.51. The van der Waals surface area contributed by atoms with Gasteiger partial charge >= 0.3 is 0 Å². The summed E-state index contributed by atoms with van der Waals surface area (Å²) in [6.07, 6.45) is 7.59. The third kappa shape index (κ3) is 3.70. The minimum absolute atomic E-state index is 0.0531. The number of likely N-dealkylation sites (N-methyl/N-ethyl adjacent to an activating group) is 1. The second kappa shape index (κ2) is 7.96. The van der Waals surface area contributed by atoms with Crippen LogP contribution in [0.2, 0.25) is 0 Å². The molecule has 0 saturated carbocycles. The van der Waals surface area contributed by atoms with E-state index in [9.17, 15) is 4.79 Å². The number of benzene rings is 1. The van der Waals surface area contributed by atoms with E-state index in [1.165, 1.54) is 0 Å². The number of nitrogens with zero attached hydrogens (tertiary/aromatic N) is 5. The Morgan fingerprint density at radius 2 is 1.87 bits per heavy atom. The Labute approximate surface area is 181 Å². The molecule has 6 heteroatoms. The fraction of sp³-hybridized carbons (Fsp3) is 0.240. The van der Waals surface area contributed by atoms with Crippen molar-refractivity contribution in [1.29, 1.82) is 0 Å². The molecule has 1 aliphatic heterocycles. The molecule has 0 N–H and O–H groups in total. The van der Waals surface area contributed by atoms with Gasteiger partial charge in [0, 0.05) is 49.4 Å². The van der Waals surface area contributed by atoms with Crippen LogP contribution in [0.1, 0.15) is 27.7 Å². The predicted octanol–water partition coefficient (Wildman–Crippen LogP) is 3.83. The van der Waals surface area contributed by atoms with Crippen LogP contribution in [-0.2, 0) is 0 Å².